The van der Waals surface area contributed by atoms with E-state index in [4.69, 9.17) is 14.2 Å². The highest BCUT2D eigenvalue weighted by Gasteiger charge is 2.36. The van der Waals surface area contributed by atoms with Crippen LogP contribution in [-0.2, 0) is 20.8 Å². The van der Waals surface area contributed by atoms with E-state index in [1.54, 1.807) is 4.90 Å². The molecule has 1 aliphatic rings. The van der Waals surface area contributed by atoms with Gasteiger partial charge in [0.15, 0.2) is 0 Å². The van der Waals surface area contributed by atoms with E-state index in [0.29, 0.717) is 12.5 Å². The van der Waals surface area contributed by atoms with Crippen LogP contribution in [0.5, 0.6) is 0 Å². The molecule has 0 unspecified atom stereocenters. The number of benzene rings is 1. The quantitative estimate of drug-likeness (QED) is 0.741. The number of carbonyl (C=O) groups excluding carboxylic acids is 2. The molecular formula is C22H34N2O5. The number of hydrogen-bond acceptors (Lipinski definition) is 5. The molecule has 0 saturated carbocycles. The monoisotopic (exact) mass is 406 g/mol. The van der Waals surface area contributed by atoms with Gasteiger partial charge in [-0.1, -0.05) is 30.3 Å². The summed E-state index contributed by atoms with van der Waals surface area (Å²) in [5.74, 6) is 0.338. The topological polar surface area (TPSA) is 77.1 Å². The van der Waals surface area contributed by atoms with Crippen molar-refractivity contribution in [1.82, 2.24) is 10.2 Å². The molecule has 1 aromatic carbocycles. The molecule has 1 aromatic rings. The fourth-order valence-corrected chi connectivity index (χ4v) is 3.70. The molecule has 1 heterocycles. The number of nitrogens with zero attached hydrogens (tertiary/aromatic N) is 1. The Hall–Kier alpha value is -2.28. The van der Waals surface area contributed by atoms with Crippen molar-refractivity contribution in [3.63, 3.8) is 0 Å². The third kappa shape index (κ3) is 7.57. The Labute approximate surface area is 173 Å². The van der Waals surface area contributed by atoms with Crippen molar-refractivity contribution < 1.29 is 23.8 Å². The SMILES string of the molecule is COC(=O)N([C@@H](CNC(=O)OCc1ccccc1)C[C@H]1CCCOC1)C(C)(C)C. The van der Waals surface area contributed by atoms with Crippen LogP contribution < -0.4 is 5.32 Å². The number of carbonyl (C=O) groups is 2. The van der Waals surface area contributed by atoms with E-state index in [9.17, 15) is 9.59 Å². The largest absolute Gasteiger partial charge is 0.453 e. The Bertz CT molecular complexity index is 638. The van der Waals surface area contributed by atoms with Gasteiger partial charge >= 0.3 is 12.2 Å². The van der Waals surface area contributed by atoms with Crippen molar-refractivity contribution in [2.75, 3.05) is 26.9 Å². The fourth-order valence-electron chi connectivity index (χ4n) is 3.70. The molecule has 162 valence electrons. The van der Waals surface area contributed by atoms with Gasteiger partial charge in [0.1, 0.15) is 6.61 Å². The second-order valence-electron chi connectivity index (χ2n) is 8.43. The molecule has 7 heteroatoms. The minimum atomic E-state index is -0.502. The minimum Gasteiger partial charge on any atom is -0.453 e. The third-order valence-electron chi connectivity index (χ3n) is 5.01. The molecule has 0 spiro atoms. The summed E-state index contributed by atoms with van der Waals surface area (Å²) in [5.41, 5.74) is 0.465. The lowest BCUT2D eigenvalue weighted by Gasteiger charge is -2.42. The smallest absolute Gasteiger partial charge is 0.410 e. The highest BCUT2D eigenvalue weighted by Crippen LogP contribution is 2.26. The molecule has 0 bridgehead atoms. The number of amides is 2. The average molecular weight is 407 g/mol. The number of ether oxygens (including phenoxy) is 3. The van der Waals surface area contributed by atoms with Gasteiger partial charge in [-0.3, -0.25) is 4.90 Å². The van der Waals surface area contributed by atoms with Crippen LogP contribution in [-0.4, -0.2) is 55.5 Å². The van der Waals surface area contributed by atoms with Crippen LogP contribution in [0.1, 0.15) is 45.6 Å². The summed E-state index contributed by atoms with van der Waals surface area (Å²) in [6.45, 7) is 7.83. The molecule has 2 rings (SSSR count). The molecule has 2 atom stereocenters. The first-order valence-electron chi connectivity index (χ1n) is 10.2. The molecule has 1 N–H and O–H groups in total. The van der Waals surface area contributed by atoms with E-state index in [-0.39, 0.29) is 19.2 Å². The van der Waals surface area contributed by atoms with Gasteiger partial charge in [0.2, 0.25) is 0 Å². The number of rotatable bonds is 7. The highest BCUT2D eigenvalue weighted by molar-refractivity contribution is 5.70. The Morgan fingerprint density at radius 1 is 1.28 bits per heavy atom. The molecule has 1 fully saturated rings. The van der Waals surface area contributed by atoms with Crippen molar-refractivity contribution in [3.8, 4) is 0 Å². The zero-order valence-corrected chi connectivity index (χ0v) is 18.0. The van der Waals surface area contributed by atoms with Crippen LogP contribution in [0.3, 0.4) is 0 Å². The standard InChI is InChI=1S/C22H34N2O5/c1-22(2,3)24(21(26)27-4)19(13-18-11-8-12-28-15-18)14-23-20(25)29-16-17-9-6-5-7-10-17/h5-7,9-10,18-19H,8,11-16H2,1-4H3,(H,23,25)/t18-,19-/m1/s1. The van der Waals surface area contributed by atoms with Crippen LogP contribution in [0, 0.1) is 5.92 Å². The van der Waals surface area contributed by atoms with Crippen molar-refractivity contribution in [2.45, 2.75) is 58.2 Å². The summed E-state index contributed by atoms with van der Waals surface area (Å²) in [7, 11) is 1.38. The summed E-state index contributed by atoms with van der Waals surface area (Å²) in [5, 5.41) is 2.82. The van der Waals surface area contributed by atoms with Gasteiger partial charge in [-0.05, 0) is 51.5 Å². The first-order valence-corrected chi connectivity index (χ1v) is 10.2. The highest BCUT2D eigenvalue weighted by atomic mass is 16.6. The van der Waals surface area contributed by atoms with E-state index >= 15 is 0 Å². The van der Waals surface area contributed by atoms with Gasteiger partial charge in [-0.15, -0.1) is 0 Å². The van der Waals surface area contributed by atoms with Gasteiger partial charge in [0.05, 0.1) is 13.2 Å². The number of methoxy groups -OCH3 is 1. The summed E-state index contributed by atoms with van der Waals surface area (Å²) < 4.78 is 15.9. The van der Waals surface area contributed by atoms with Gasteiger partial charge in [-0.2, -0.15) is 0 Å². The van der Waals surface area contributed by atoms with E-state index < -0.39 is 17.7 Å². The number of hydrogen-bond donors (Lipinski definition) is 1. The lowest BCUT2D eigenvalue weighted by atomic mass is 9.91. The maximum absolute atomic E-state index is 12.5. The fraction of sp³-hybridized carbons (Fsp3) is 0.636. The third-order valence-corrected chi connectivity index (χ3v) is 5.01. The van der Waals surface area contributed by atoms with Gasteiger partial charge < -0.3 is 19.5 Å². The maximum atomic E-state index is 12.5. The van der Waals surface area contributed by atoms with Gasteiger partial charge in [0, 0.05) is 25.3 Å². The normalized spacial score (nSPS) is 17.9. The maximum Gasteiger partial charge on any atom is 0.410 e. The summed E-state index contributed by atoms with van der Waals surface area (Å²) in [4.78, 5) is 26.5. The second kappa shape index (κ2) is 11.0. The molecule has 1 saturated heterocycles. The van der Waals surface area contributed by atoms with Crippen LogP contribution in [0.2, 0.25) is 0 Å². The summed E-state index contributed by atoms with van der Waals surface area (Å²) in [6.07, 6.45) is 1.88. The molecule has 7 nitrogen and oxygen atoms in total. The minimum absolute atomic E-state index is 0.202. The summed E-state index contributed by atoms with van der Waals surface area (Å²) in [6, 6.07) is 9.29. The Morgan fingerprint density at radius 2 is 2.00 bits per heavy atom. The molecule has 2 amide bonds. The lowest BCUT2D eigenvalue weighted by Crippen LogP contribution is -2.56. The van der Waals surface area contributed by atoms with Crippen LogP contribution in [0.4, 0.5) is 9.59 Å². The molecule has 0 radical (unpaired) electrons. The van der Waals surface area contributed by atoms with Crippen molar-refractivity contribution in [1.29, 1.82) is 0 Å². The first-order chi connectivity index (χ1) is 13.8. The average Bonchev–Trinajstić information content (AvgIpc) is 2.70. The van der Waals surface area contributed by atoms with Crippen LogP contribution >= 0.6 is 0 Å². The first kappa shape index (κ1) is 23.0. The predicted octanol–water partition coefficient (Wildman–Crippen LogP) is 3.97. The Balaban J connectivity index is 2.01. The van der Waals surface area contributed by atoms with Crippen LogP contribution in [0.25, 0.3) is 0 Å². The van der Waals surface area contributed by atoms with Gasteiger partial charge in [0.25, 0.3) is 0 Å². The molecular weight excluding hydrogens is 372 g/mol. The van der Waals surface area contributed by atoms with E-state index in [1.807, 2.05) is 51.1 Å². The van der Waals surface area contributed by atoms with Crippen LogP contribution in [0.15, 0.2) is 30.3 Å². The Morgan fingerprint density at radius 3 is 2.59 bits per heavy atom. The molecule has 0 aliphatic carbocycles. The van der Waals surface area contributed by atoms with E-state index in [1.165, 1.54) is 7.11 Å². The zero-order chi connectivity index (χ0) is 21.3. The van der Waals surface area contributed by atoms with Gasteiger partial charge in [-0.25, -0.2) is 9.59 Å². The van der Waals surface area contributed by atoms with Crippen molar-refractivity contribution >= 4 is 12.2 Å². The summed E-state index contributed by atoms with van der Waals surface area (Å²) >= 11 is 0. The van der Waals surface area contributed by atoms with E-state index in [2.05, 4.69) is 5.32 Å². The molecule has 29 heavy (non-hydrogen) atoms. The molecule has 0 aromatic heterocycles. The zero-order valence-electron chi connectivity index (χ0n) is 18.0. The second-order valence-corrected chi connectivity index (χ2v) is 8.43. The van der Waals surface area contributed by atoms with Crippen molar-refractivity contribution in [3.05, 3.63) is 35.9 Å². The Kier molecular flexibility index (Phi) is 8.76. The number of alkyl carbamates (subject to hydrolysis) is 1. The van der Waals surface area contributed by atoms with Crippen molar-refractivity contribution in [2.24, 2.45) is 5.92 Å². The number of nitrogens with one attached hydrogen (secondary N) is 1. The molecule has 1 aliphatic heterocycles. The predicted molar refractivity (Wildman–Crippen MR) is 111 cm³/mol. The lowest BCUT2D eigenvalue weighted by molar-refractivity contribution is 0.0175. The van der Waals surface area contributed by atoms with E-state index in [0.717, 1.165) is 31.4 Å².